The molecule has 0 fully saturated rings. The van der Waals surface area contributed by atoms with Crippen LogP contribution in [0, 0.1) is 0 Å². The summed E-state index contributed by atoms with van der Waals surface area (Å²) in [5, 5.41) is 10.3. The molecule has 0 aliphatic carbocycles. The molecule has 28 heavy (non-hydrogen) atoms. The van der Waals surface area contributed by atoms with Gasteiger partial charge in [0.15, 0.2) is 0 Å². The van der Waals surface area contributed by atoms with E-state index in [9.17, 15) is 9.59 Å². The Labute approximate surface area is 167 Å². The van der Waals surface area contributed by atoms with Crippen LogP contribution in [0.2, 0.25) is 0 Å². The van der Waals surface area contributed by atoms with Crippen molar-refractivity contribution in [3.63, 3.8) is 0 Å². The van der Waals surface area contributed by atoms with Crippen LogP contribution in [0.1, 0.15) is 22.5 Å². The van der Waals surface area contributed by atoms with E-state index >= 15 is 0 Å². The Morgan fingerprint density at radius 2 is 2.04 bits per heavy atom. The smallest absolute Gasteiger partial charge is 0.251 e. The maximum absolute atomic E-state index is 12.5. The molecule has 0 radical (unpaired) electrons. The van der Waals surface area contributed by atoms with Crippen molar-refractivity contribution < 1.29 is 9.59 Å². The molecule has 2 N–H and O–H groups in total. The van der Waals surface area contributed by atoms with E-state index in [0.717, 1.165) is 22.0 Å². The number of rotatable bonds is 5. The lowest BCUT2D eigenvalue weighted by atomic mass is 10.1. The fourth-order valence-corrected chi connectivity index (χ4v) is 3.92. The summed E-state index contributed by atoms with van der Waals surface area (Å²) in [6.07, 6.45) is 3.04. The van der Waals surface area contributed by atoms with E-state index in [1.807, 2.05) is 53.3 Å². The van der Waals surface area contributed by atoms with E-state index in [0.29, 0.717) is 30.6 Å². The summed E-state index contributed by atoms with van der Waals surface area (Å²) >= 11 is 1.62. The Kier molecular flexibility index (Phi) is 5.43. The third-order valence-corrected chi connectivity index (χ3v) is 5.51. The molecule has 4 rings (SSSR count). The predicted molar refractivity (Wildman–Crippen MR) is 110 cm³/mol. The first kappa shape index (κ1) is 18.3. The van der Waals surface area contributed by atoms with Crippen molar-refractivity contribution in [2.45, 2.75) is 17.7 Å². The van der Waals surface area contributed by atoms with Crippen LogP contribution in [0.3, 0.4) is 0 Å². The minimum Gasteiger partial charge on any atom is -0.352 e. The standard InChI is InChI=1S/C21H20N4O2S/c26-20-10-13-28-19-7-6-15(14-18(19)23-20)21(27)22-11-8-16-9-12-25(24-16)17-4-2-1-3-5-17/h1-7,9,12,14H,8,10-11,13H2,(H,22,27)(H,23,26). The lowest BCUT2D eigenvalue weighted by Gasteiger charge is -2.09. The van der Waals surface area contributed by atoms with Crippen LogP contribution in [-0.2, 0) is 11.2 Å². The molecule has 142 valence electrons. The van der Waals surface area contributed by atoms with E-state index in [1.165, 1.54) is 0 Å². The second-order valence-electron chi connectivity index (χ2n) is 6.45. The maximum Gasteiger partial charge on any atom is 0.251 e. The van der Waals surface area contributed by atoms with E-state index in [1.54, 1.807) is 23.9 Å². The van der Waals surface area contributed by atoms with Gasteiger partial charge in [-0.15, -0.1) is 11.8 Å². The van der Waals surface area contributed by atoms with Crippen LogP contribution in [-0.4, -0.2) is 33.9 Å². The predicted octanol–water partition coefficient (Wildman–Crippen LogP) is 3.28. The number of anilines is 1. The minimum absolute atomic E-state index is 0.0159. The molecule has 1 aliphatic rings. The number of nitrogens with zero attached hydrogens (tertiary/aromatic N) is 2. The summed E-state index contributed by atoms with van der Waals surface area (Å²) in [7, 11) is 0. The second kappa shape index (κ2) is 8.31. The molecule has 1 aliphatic heterocycles. The number of carbonyl (C=O) groups is 2. The Morgan fingerprint density at radius 3 is 2.89 bits per heavy atom. The molecular weight excluding hydrogens is 372 g/mol. The molecule has 0 saturated carbocycles. The molecule has 3 aromatic rings. The fraction of sp³-hybridized carbons (Fsp3) is 0.190. The number of carbonyl (C=O) groups excluding carboxylic acids is 2. The maximum atomic E-state index is 12.5. The summed E-state index contributed by atoms with van der Waals surface area (Å²) in [5.74, 6) is 0.576. The molecule has 0 bridgehead atoms. The highest BCUT2D eigenvalue weighted by atomic mass is 32.2. The van der Waals surface area contributed by atoms with E-state index in [-0.39, 0.29) is 11.8 Å². The molecule has 0 atom stereocenters. The third-order valence-electron chi connectivity index (χ3n) is 4.43. The molecule has 0 unspecified atom stereocenters. The van der Waals surface area contributed by atoms with Gasteiger partial charge in [0.25, 0.3) is 5.91 Å². The normalized spacial score (nSPS) is 13.4. The number of para-hydroxylation sites is 1. The van der Waals surface area contributed by atoms with Crippen molar-refractivity contribution in [2.24, 2.45) is 0 Å². The van der Waals surface area contributed by atoms with E-state index in [4.69, 9.17) is 0 Å². The van der Waals surface area contributed by atoms with Crippen molar-refractivity contribution in [2.75, 3.05) is 17.6 Å². The topological polar surface area (TPSA) is 76.0 Å². The first-order valence-electron chi connectivity index (χ1n) is 9.14. The number of thioether (sulfide) groups is 1. The van der Waals surface area contributed by atoms with Gasteiger partial charge in [-0.25, -0.2) is 4.68 Å². The van der Waals surface area contributed by atoms with Crippen molar-refractivity contribution in [3.05, 3.63) is 72.1 Å². The summed E-state index contributed by atoms with van der Waals surface area (Å²) in [4.78, 5) is 25.2. The van der Waals surface area contributed by atoms with E-state index < -0.39 is 0 Å². The van der Waals surface area contributed by atoms with Crippen LogP contribution in [0.25, 0.3) is 5.69 Å². The average Bonchev–Trinajstić information content (AvgIpc) is 3.10. The number of hydrogen-bond acceptors (Lipinski definition) is 4. The van der Waals surface area contributed by atoms with Crippen LogP contribution in [0.15, 0.2) is 65.7 Å². The van der Waals surface area contributed by atoms with Gasteiger partial charge in [-0.1, -0.05) is 18.2 Å². The first-order chi connectivity index (χ1) is 13.7. The summed E-state index contributed by atoms with van der Waals surface area (Å²) < 4.78 is 1.82. The van der Waals surface area contributed by atoms with Gasteiger partial charge < -0.3 is 10.6 Å². The zero-order chi connectivity index (χ0) is 19.3. The molecule has 2 aromatic carbocycles. The number of aromatic nitrogens is 2. The Balaban J connectivity index is 1.35. The minimum atomic E-state index is -0.159. The summed E-state index contributed by atoms with van der Waals surface area (Å²) in [6, 6.07) is 17.3. The first-order valence-corrected chi connectivity index (χ1v) is 10.1. The molecule has 7 heteroatoms. The largest absolute Gasteiger partial charge is 0.352 e. The SMILES string of the molecule is O=C1CCSc2ccc(C(=O)NCCc3ccn(-c4ccccc4)n3)cc2N1. The zero-order valence-corrected chi connectivity index (χ0v) is 16.0. The number of fused-ring (bicyclic) bond motifs is 1. The molecular formula is C21H20N4O2S. The lowest BCUT2D eigenvalue weighted by Crippen LogP contribution is -2.26. The van der Waals surface area contributed by atoms with Gasteiger partial charge in [-0.3, -0.25) is 9.59 Å². The van der Waals surface area contributed by atoms with Crippen LogP contribution >= 0.6 is 11.8 Å². The summed E-state index contributed by atoms with van der Waals surface area (Å²) in [5.41, 5.74) is 3.16. The monoisotopic (exact) mass is 392 g/mol. The highest BCUT2D eigenvalue weighted by molar-refractivity contribution is 7.99. The van der Waals surface area contributed by atoms with Crippen molar-refractivity contribution >= 4 is 29.3 Å². The number of hydrogen-bond donors (Lipinski definition) is 2. The number of nitrogens with one attached hydrogen (secondary N) is 2. The highest BCUT2D eigenvalue weighted by Gasteiger charge is 2.15. The summed E-state index contributed by atoms with van der Waals surface area (Å²) in [6.45, 7) is 0.489. The van der Waals surface area contributed by atoms with Gasteiger partial charge in [-0.05, 0) is 36.4 Å². The van der Waals surface area contributed by atoms with E-state index in [2.05, 4.69) is 15.7 Å². The molecule has 0 saturated heterocycles. The number of benzene rings is 2. The van der Waals surface area contributed by atoms with Gasteiger partial charge in [0.1, 0.15) is 0 Å². The van der Waals surface area contributed by atoms with Gasteiger partial charge in [0.2, 0.25) is 5.91 Å². The highest BCUT2D eigenvalue weighted by Crippen LogP contribution is 2.31. The average molecular weight is 392 g/mol. The molecule has 2 amide bonds. The van der Waals surface area contributed by atoms with Gasteiger partial charge in [0.05, 0.1) is 17.1 Å². The molecule has 2 heterocycles. The number of amides is 2. The third kappa shape index (κ3) is 4.26. The fourth-order valence-electron chi connectivity index (χ4n) is 2.99. The van der Waals surface area contributed by atoms with Gasteiger partial charge in [0, 0.05) is 41.8 Å². The van der Waals surface area contributed by atoms with Gasteiger partial charge in [-0.2, -0.15) is 5.10 Å². The Morgan fingerprint density at radius 1 is 1.18 bits per heavy atom. The van der Waals surface area contributed by atoms with Crippen LogP contribution in [0.5, 0.6) is 0 Å². The quantitative estimate of drug-likeness (QED) is 0.699. The second-order valence-corrected chi connectivity index (χ2v) is 7.59. The van der Waals surface area contributed by atoms with Crippen molar-refractivity contribution in [1.29, 1.82) is 0 Å². The van der Waals surface area contributed by atoms with Crippen molar-refractivity contribution in [1.82, 2.24) is 15.1 Å². The molecule has 0 spiro atoms. The van der Waals surface area contributed by atoms with Crippen molar-refractivity contribution in [3.8, 4) is 5.69 Å². The molecule has 6 nitrogen and oxygen atoms in total. The van der Waals surface area contributed by atoms with Crippen LogP contribution < -0.4 is 10.6 Å². The zero-order valence-electron chi connectivity index (χ0n) is 15.2. The lowest BCUT2D eigenvalue weighted by molar-refractivity contribution is -0.115. The van der Waals surface area contributed by atoms with Gasteiger partial charge >= 0.3 is 0 Å². The Bertz CT molecular complexity index is 1000. The Hall–Kier alpha value is -3.06. The van der Waals surface area contributed by atoms with Crippen LogP contribution in [0.4, 0.5) is 5.69 Å². The molecule has 1 aromatic heterocycles.